The Bertz CT molecular complexity index is 581. The summed E-state index contributed by atoms with van der Waals surface area (Å²) in [6.07, 6.45) is 1.38. The van der Waals surface area contributed by atoms with Gasteiger partial charge in [0.25, 0.3) is 0 Å². The molecule has 0 fully saturated rings. The molecular formula is C12H10Cl2N2O2. The first-order valence-electron chi connectivity index (χ1n) is 5.30. The normalized spacial score (nSPS) is 10.4. The zero-order valence-electron chi connectivity index (χ0n) is 9.56. The monoisotopic (exact) mass is 284 g/mol. The SMILES string of the molecule is CCOC(=O)c1cnn(-c2cccc(Cl)c2)c1Cl. The fourth-order valence-electron chi connectivity index (χ4n) is 1.47. The van der Waals surface area contributed by atoms with Crippen LogP contribution in [0.2, 0.25) is 10.2 Å². The Balaban J connectivity index is 2.39. The highest BCUT2D eigenvalue weighted by molar-refractivity contribution is 6.33. The minimum absolute atomic E-state index is 0.204. The molecule has 0 aliphatic heterocycles. The second-order valence-electron chi connectivity index (χ2n) is 3.46. The van der Waals surface area contributed by atoms with Crippen LogP contribution in [0.15, 0.2) is 30.5 Å². The minimum atomic E-state index is -0.490. The molecule has 1 aromatic carbocycles. The molecule has 0 bridgehead atoms. The molecule has 18 heavy (non-hydrogen) atoms. The smallest absolute Gasteiger partial charge is 0.342 e. The number of rotatable bonds is 3. The van der Waals surface area contributed by atoms with Gasteiger partial charge in [0.1, 0.15) is 10.7 Å². The van der Waals surface area contributed by atoms with Gasteiger partial charge in [0.05, 0.1) is 18.5 Å². The summed E-state index contributed by atoms with van der Waals surface area (Å²) in [7, 11) is 0. The third-order valence-corrected chi connectivity index (χ3v) is 2.86. The van der Waals surface area contributed by atoms with Crippen LogP contribution in [0.3, 0.4) is 0 Å². The van der Waals surface area contributed by atoms with Crippen molar-refractivity contribution in [2.75, 3.05) is 6.61 Å². The maximum absolute atomic E-state index is 11.6. The van der Waals surface area contributed by atoms with Gasteiger partial charge in [-0.05, 0) is 25.1 Å². The van der Waals surface area contributed by atoms with Crippen LogP contribution in [-0.2, 0) is 4.74 Å². The first-order valence-corrected chi connectivity index (χ1v) is 6.05. The number of halogens is 2. The number of carbonyl (C=O) groups excluding carboxylic acids is 1. The van der Waals surface area contributed by atoms with Crippen molar-refractivity contribution in [3.05, 3.63) is 46.2 Å². The van der Waals surface area contributed by atoms with Gasteiger partial charge in [-0.25, -0.2) is 9.48 Å². The lowest BCUT2D eigenvalue weighted by Crippen LogP contribution is -2.04. The highest BCUT2D eigenvalue weighted by Crippen LogP contribution is 2.22. The fraction of sp³-hybridized carbons (Fsp3) is 0.167. The Labute approximate surface area is 114 Å². The molecule has 0 radical (unpaired) electrons. The number of carbonyl (C=O) groups is 1. The molecule has 0 saturated carbocycles. The fourth-order valence-corrected chi connectivity index (χ4v) is 1.92. The van der Waals surface area contributed by atoms with Crippen LogP contribution in [0, 0.1) is 0 Å². The Morgan fingerprint density at radius 1 is 1.44 bits per heavy atom. The minimum Gasteiger partial charge on any atom is -0.462 e. The predicted molar refractivity (Wildman–Crippen MR) is 69.5 cm³/mol. The van der Waals surface area contributed by atoms with E-state index in [-0.39, 0.29) is 17.3 Å². The van der Waals surface area contributed by atoms with Crippen LogP contribution in [-0.4, -0.2) is 22.4 Å². The number of hydrogen-bond donors (Lipinski definition) is 0. The first-order chi connectivity index (χ1) is 8.63. The van der Waals surface area contributed by atoms with E-state index in [2.05, 4.69) is 5.10 Å². The lowest BCUT2D eigenvalue weighted by atomic mass is 10.3. The molecule has 0 saturated heterocycles. The molecule has 94 valence electrons. The Hall–Kier alpha value is -1.52. The summed E-state index contributed by atoms with van der Waals surface area (Å²) >= 11 is 12.0. The van der Waals surface area contributed by atoms with Gasteiger partial charge in [-0.2, -0.15) is 5.10 Å². The summed E-state index contributed by atoms with van der Waals surface area (Å²) in [5, 5.41) is 4.83. The molecular weight excluding hydrogens is 275 g/mol. The summed E-state index contributed by atoms with van der Waals surface area (Å²) in [5.41, 5.74) is 0.918. The van der Waals surface area contributed by atoms with Crippen molar-refractivity contribution in [3.63, 3.8) is 0 Å². The second-order valence-corrected chi connectivity index (χ2v) is 4.26. The summed E-state index contributed by atoms with van der Waals surface area (Å²) in [6.45, 7) is 2.02. The van der Waals surface area contributed by atoms with Gasteiger partial charge >= 0.3 is 5.97 Å². The molecule has 0 unspecified atom stereocenters. The van der Waals surface area contributed by atoms with Crippen LogP contribution >= 0.6 is 23.2 Å². The molecule has 6 heteroatoms. The van der Waals surface area contributed by atoms with Crippen molar-refractivity contribution in [3.8, 4) is 5.69 Å². The van der Waals surface area contributed by atoms with Crippen molar-refractivity contribution < 1.29 is 9.53 Å². The van der Waals surface area contributed by atoms with Gasteiger partial charge in [0.15, 0.2) is 0 Å². The van der Waals surface area contributed by atoms with Gasteiger partial charge in [-0.15, -0.1) is 0 Å². The van der Waals surface area contributed by atoms with E-state index in [0.717, 1.165) is 0 Å². The van der Waals surface area contributed by atoms with E-state index in [9.17, 15) is 4.79 Å². The molecule has 1 aromatic heterocycles. The van der Waals surface area contributed by atoms with Gasteiger partial charge in [-0.1, -0.05) is 29.3 Å². The zero-order valence-corrected chi connectivity index (χ0v) is 11.1. The van der Waals surface area contributed by atoms with Gasteiger partial charge in [-0.3, -0.25) is 0 Å². The molecule has 0 spiro atoms. The average Bonchev–Trinajstić information content (AvgIpc) is 2.71. The molecule has 2 aromatic rings. The number of hydrogen-bond acceptors (Lipinski definition) is 3. The highest BCUT2D eigenvalue weighted by Gasteiger charge is 2.17. The number of esters is 1. The number of ether oxygens (including phenoxy) is 1. The van der Waals surface area contributed by atoms with E-state index in [4.69, 9.17) is 27.9 Å². The third-order valence-electron chi connectivity index (χ3n) is 2.26. The topological polar surface area (TPSA) is 44.1 Å². The summed E-state index contributed by atoms with van der Waals surface area (Å²) < 4.78 is 6.31. The van der Waals surface area contributed by atoms with Crippen molar-refractivity contribution in [1.82, 2.24) is 9.78 Å². The Morgan fingerprint density at radius 3 is 2.89 bits per heavy atom. The quantitative estimate of drug-likeness (QED) is 0.812. The number of benzene rings is 1. The van der Waals surface area contributed by atoms with E-state index >= 15 is 0 Å². The highest BCUT2D eigenvalue weighted by atomic mass is 35.5. The number of aromatic nitrogens is 2. The van der Waals surface area contributed by atoms with Crippen LogP contribution < -0.4 is 0 Å². The van der Waals surface area contributed by atoms with Crippen LogP contribution in [0.5, 0.6) is 0 Å². The second kappa shape index (κ2) is 5.42. The molecule has 0 N–H and O–H groups in total. The average molecular weight is 285 g/mol. The van der Waals surface area contributed by atoms with E-state index < -0.39 is 5.97 Å². The summed E-state index contributed by atoms with van der Waals surface area (Å²) in [4.78, 5) is 11.6. The van der Waals surface area contributed by atoms with Crippen LogP contribution in [0.25, 0.3) is 5.69 Å². The van der Waals surface area contributed by atoms with Gasteiger partial charge < -0.3 is 4.74 Å². The predicted octanol–water partition coefficient (Wildman–Crippen LogP) is 3.36. The summed E-state index contributed by atoms with van der Waals surface area (Å²) in [6, 6.07) is 7.02. The van der Waals surface area contributed by atoms with Crippen molar-refractivity contribution >= 4 is 29.2 Å². The third kappa shape index (κ3) is 2.49. The Kier molecular flexibility index (Phi) is 3.89. The van der Waals surface area contributed by atoms with Crippen molar-refractivity contribution in [2.24, 2.45) is 0 Å². The molecule has 2 rings (SSSR count). The molecule has 0 aliphatic carbocycles. The Morgan fingerprint density at radius 2 is 2.22 bits per heavy atom. The lowest BCUT2D eigenvalue weighted by molar-refractivity contribution is 0.0526. The first kappa shape index (κ1) is 12.9. The molecule has 0 aliphatic rings. The maximum Gasteiger partial charge on any atom is 0.342 e. The number of nitrogens with zero attached hydrogens (tertiary/aromatic N) is 2. The van der Waals surface area contributed by atoms with E-state index in [1.165, 1.54) is 10.9 Å². The van der Waals surface area contributed by atoms with Crippen molar-refractivity contribution in [1.29, 1.82) is 0 Å². The summed E-state index contributed by atoms with van der Waals surface area (Å²) in [5.74, 6) is -0.490. The van der Waals surface area contributed by atoms with E-state index in [1.807, 2.05) is 0 Å². The van der Waals surface area contributed by atoms with Crippen LogP contribution in [0.4, 0.5) is 0 Å². The molecule has 1 heterocycles. The largest absolute Gasteiger partial charge is 0.462 e. The maximum atomic E-state index is 11.6. The van der Waals surface area contributed by atoms with Gasteiger partial charge in [0, 0.05) is 5.02 Å². The van der Waals surface area contributed by atoms with Gasteiger partial charge in [0.2, 0.25) is 0 Å². The molecule has 0 amide bonds. The van der Waals surface area contributed by atoms with E-state index in [0.29, 0.717) is 10.7 Å². The standard InChI is InChI=1S/C12H10Cl2N2O2/c1-2-18-12(17)10-7-15-16(11(10)14)9-5-3-4-8(13)6-9/h3-7H,2H2,1H3. The lowest BCUT2D eigenvalue weighted by Gasteiger charge is -2.04. The zero-order chi connectivity index (χ0) is 13.1. The molecule has 4 nitrogen and oxygen atoms in total. The van der Waals surface area contributed by atoms with Crippen molar-refractivity contribution in [2.45, 2.75) is 6.92 Å². The van der Waals surface area contributed by atoms with E-state index in [1.54, 1.807) is 31.2 Å². The molecule has 0 atom stereocenters. The van der Waals surface area contributed by atoms with Crippen LogP contribution in [0.1, 0.15) is 17.3 Å².